The lowest BCUT2D eigenvalue weighted by Gasteiger charge is -2.46. The fourth-order valence-electron chi connectivity index (χ4n) is 6.69. The van der Waals surface area contributed by atoms with Crippen LogP contribution in [-0.2, 0) is 13.0 Å². The van der Waals surface area contributed by atoms with E-state index in [4.69, 9.17) is 0 Å². The Kier molecular flexibility index (Phi) is 5.13. The van der Waals surface area contributed by atoms with Gasteiger partial charge in [-0.2, -0.15) is 0 Å². The molecule has 2 fully saturated rings. The second kappa shape index (κ2) is 8.62. The molecule has 5 heterocycles. The van der Waals surface area contributed by atoms with Gasteiger partial charge in [-0.25, -0.2) is 0 Å². The van der Waals surface area contributed by atoms with Crippen molar-refractivity contribution in [3.8, 4) is 11.1 Å². The van der Waals surface area contributed by atoms with Crippen LogP contribution in [0.2, 0.25) is 0 Å². The van der Waals surface area contributed by atoms with Gasteiger partial charge in [0.25, 0.3) is 0 Å². The highest BCUT2D eigenvalue weighted by atomic mass is 15.3. The molecule has 35 heavy (non-hydrogen) atoms. The summed E-state index contributed by atoms with van der Waals surface area (Å²) in [5.74, 6) is 0. The Morgan fingerprint density at radius 2 is 1.54 bits per heavy atom. The minimum atomic E-state index is 0.525. The SMILES string of the molecule is c1ccc(CN2C3CCC2CC(N2c4ccccc4Cc4cc(-c5cccnc5)ccc42)C3)nc1. The van der Waals surface area contributed by atoms with Gasteiger partial charge in [-0.1, -0.05) is 36.4 Å². The smallest absolute Gasteiger partial charge is 0.0544 e. The topological polar surface area (TPSA) is 32.3 Å². The molecule has 4 nitrogen and oxygen atoms in total. The van der Waals surface area contributed by atoms with Crippen molar-refractivity contribution in [2.24, 2.45) is 0 Å². The molecule has 0 amide bonds. The van der Waals surface area contributed by atoms with E-state index >= 15 is 0 Å². The average Bonchev–Trinajstić information content (AvgIpc) is 3.14. The standard InChI is InChI=1S/C31H30N4/c1-2-9-30-23(6-1)17-25-16-22(24-7-5-14-32-20-24)10-13-31(25)35(30)29-18-27-11-12-28(19-29)34(27)21-26-8-3-4-15-33-26/h1-10,13-16,20,27-29H,11-12,17-19,21H2. The summed E-state index contributed by atoms with van der Waals surface area (Å²) in [4.78, 5) is 14.4. The molecule has 4 heteroatoms. The first-order valence-electron chi connectivity index (χ1n) is 12.9. The number of benzene rings is 2. The molecule has 7 rings (SSSR count). The van der Waals surface area contributed by atoms with Crippen LogP contribution in [0, 0.1) is 0 Å². The van der Waals surface area contributed by atoms with Crippen molar-refractivity contribution < 1.29 is 0 Å². The van der Waals surface area contributed by atoms with Gasteiger partial charge in [-0.05, 0) is 84.3 Å². The number of piperidine rings is 1. The van der Waals surface area contributed by atoms with Gasteiger partial charge in [0, 0.05) is 61.1 Å². The van der Waals surface area contributed by atoms with Gasteiger partial charge in [0.2, 0.25) is 0 Å². The van der Waals surface area contributed by atoms with Crippen molar-refractivity contribution >= 4 is 11.4 Å². The van der Waals surface area contributed by atoms with E-state index in [2.05, 4.69) is 80.4 Å². The maximum Gasteiger partial charge on any atom is 0.0544 e. The summed E-state index contributed by atoms with van der Waals surface area (Å²) in [7, 11) is 0. The van der Waals surface area contributed by atoms with E-state index in [9.17, 15) is 0 Å². The summed E-state index contributed by atoms with van der Waals surface area (Å²) in [6, 6.07) is 28.3. The molecule has 2 aromatic heterocycles. The summed E-state index contributed by atoms with van der Waals surface area (Å²) in [5.41, 5.74) is 9.28. The Morgan fingerprint density at radius 3 is 2.34 bits per heavy atom. The Hall–Kier alpha value is -3.50. The zero-order valence-corrected chi connectivity index (χ0v) is 19.9. The van der Waals surface area contributed by atoms with Crippen molar-refractivity contribution in [3.05, 3.63) is 108 Å². The van der Waals surface area contributed by atoms with Crippen LogP contribution in [0.25, 0.3) is 11.1 Å². The van der Waals surface area contributed by atoms with Crippen LogP contribution in [0.5, 0.6) is 0 Å². The lowest BCUT2D eigenvalue weighted by Crippen LogP contribution is -2.49. The van der Waals surface area contributed by atoms with E-state index in [-0.39, 0.29) is 0 Å². The molecule has 0 saturated carbocycles. The molecular formula is C31H30N4. The van der Waals surface area contributed by atoms with E-state index in [1.54, 1.807) is 0 Å². The van der Waals surface area contributed by atoms with Crippen LogP contribution in [0.1, 0.15) is 42.5 Å². The fourth-order valence-corrected chi connectivity index (χ4v) is 6.69. The molecule has 2 aromatic carbocycles. The third-order valence-corrected chi connectivity index (χ3v) is 8.26. The Balaban J connectivity index is 1.22. The molecule has 0 spiro atoms. The van der Waals surface area contributed by atoms with Gasteiger partial charge in [-0.15, -0.1) is 0 Å². The molecule has 2 unspecified atom stereocenters. The predicted octanol–water partition coefficient (Wildman–Crippen LogP) is 6.38. The number of pyridine rings is 2. The average molecular weight is 459 g/mol. The Morgan fingerprint density at radius 1 is 0.714 bits per heavy atom. The number of anilines is 2. The zero-order valence-electron chi connectivity index (χ0n) is 19.9. The minimum Gasteiger partial charge on any atom is -0.338 e. The van der Waals surface area contributed by atoms with E-state index < -0.39 is 0 Å². The summed E-state index contributed by atoms with van der Waals surface area (Å²) in [5, 5.41) is 0. The highest BCUT2D eigenvalue weighted by Crippen LogP contribution is 2.46. The highest BCUT2D eigenvalue weighted by Gasteiger charge is 2.43. The number of hydrogen-bond acceptors (Lipinski definition) is 4. The van der Waals surface area contributed by atoms with Crippen LogP contribution in [0.3, 0.4) is 0 Å². The lowest BCUT2D eigenvalue weighted by atomic mass is 9.88. The first-order valence-corrected chi connectivity index (χ1v) is 12.9. The van der Waals surface area contributed by atoms with Crippen LogP contribution in [-0.4, -0.2) is 33.0 Å². The molecule has 0 radical (unpaired) electrons. The number of hydrogen-bond donors (Lipinski definition) is 0. The van der Waals surface area contributed by atoms with Gasteiger partial charge in [-0.3, -0.25) is 14.9 Å². The maximum atomic E-state index is 4.61. The molecule has 4 aromatic rings. The minimum absolute atomic E-state index is 0.525. The normalized spacial score (nSPS) is 23.1. The highest BCUT2D eigenvalue weighted by molar-refractivity contribution is 5.78. The molecule has 3 aliphatic heterocycles. The van der Waals surface area contributed by atoms with E-state index in [1.165, 1.54) is 65.0 Å². The second-order valence-electron chi connectivity index (χ2n) is 10.3. The van der Waals surface area contributed by atoms with Crippen LogP contribution in [0.4, 0.5) is 11.4 Å². The third-order valence-electron chi connectivity index (χ3n) is 8.26. The van der Waals surface area contributed by atoms with Gasteiger partial charge >= 0.3 is 0 Å². The predicted molar refractivity (Wildman–Crippen MR) is 141 cm³/mol. The largest absolute Gasteiger partial charge is 0.338 e. The number of aromatic nitrogens is 2. The first-order chi connectivity index (χ1) is 17.3. The van der Waals surface area contributed by atoms with Crippen LogP contribution >= 0.6 is 0 Å². The lowest BCUT2D eigenvalue weighted by molar-refractivity contribution is 0.118. The van der Waals surface area contributed by atoms with Crippen molar-refractivity contribution in [3.63, 3.8) is 0 Å². The molecule has 0 N–H and O–H groups in total. The zero-order chi connectivity index (χ0) is 23.2. The van der Waals surface area contributed by atoms with E-state index in [0.717, 1.165) is 13.0 Å². The number of nitrogens with zero attached hydrogens (tertiary/aromatic N) is 4. The summed E-state index contributed by atoms with van der Waals surface area (Å²) < 4.78 is 0. The van der Waals surface area contributed by atoms with Crippen molar-refractivity contribution in [1.29, 1.82) is 0 Å². The van der Waals surface area contributed by atoms with Gasteiger partial charge in [0.15, 0.2) is 0 Å². The summed E-state index contributed by atoms with van der Waals surface area (Å²) in [6.07, 6.45) is 11.7. The van der Waals surface area contributed by atoms with Crippen LogP contribution < -0.4 is 4.90 Å². The van der Waals surface area contributed by atoms with Gasteiger partial charge in [0.1, 0.15) is 0 Å². The quantitative estimate of drug-likeness (QED) is 0.355. The molecule has 2 atom stereocenters. The van der Waals surface area contributed by atoms with E-state index in [0.29, 0.717) is 18.1 Å². The summed E-state index contributed by atoms with van der Waals surface area (Å²) >= 11 is 0. The molecule has 3 aliphatic rings. The molecular weight excluding hydrogens is 428 g/mol. The molecule has 0 aliphatic carbocycles. The third kappa shape index (κ3) is 3.73. The van der Waals surface area contributed by atoms with Gasteiger partial charge in [0.05, 0.1) is 5.69 Å². The Bertz CT molecular complexity index is 1320. The van der Waals surface area contributed by atoms with Crippen molar-refractivity contribution in [2.45, 2.75) is 56.8 Å². The Labute approximate surface area is 207 Å². The molecule has 2 bridgehead atoms. The second-order valence-corrected chi connectivity index (χ2v) is 10.3. The fraction of sp³-hybridized carbons (Fsp3) is 0.290. The first kappa shape index (κ1) is 20.8. The molecule has 2 saturated heterocycles. The summed E-state index contributed by atoms with van der Waals surface area (Å²) in [6.45, 7) is 0.977. The monoisotopic (exact) mass is 458 g/mol. The number of rotatable bonds is 4. The van der Waals surface area contributed by atoms with Crippen molar-refractivity contribution in [1.82, 2.24) is 14.9 Å². The number of fused-ring (bicyclic) bond motifs is 4. The van der Waals surface area contributed by atoms with Crippen molar-refractivity contribution in [2.75, 3.05) is 4.90 Å². The van der Waals surface area contributed by atoms with Crippen LogP contribution in [0.15, 0.2) is 91.4 Å². The van der Waals surface area contributed by atoms with E-state index in [1.807, 2.05) is 30.7 Å². The molecule has 174 valence electrons. The van der Waals surface area contributed by atoms with Gasteiger partial charge < -0.3 is 4.90 Å². The maximum absolute atomic E-state index is 4.61. The number of para-hydroxylation sites is 1.